The number of anilines is 1. The highest BCUT2D eigenvalue weighted by atomic mass is 19.1. The fourth-order valence-corrected chi connectivity index (χ4v) is 3.63. The number of rotatable bonds is 9. The van der Waals surface area contributed by atoms with Gasteiger partial charge in [-0.05, 0) is 54.5 Å². The second-order valence-corrected chi connectivity index (χ2v) is 7.42. The molecule has 0 aromatic heterocycles. The third-order valence-electron chi connectivity index (χ3n) is 5.28. The maximum atomic E-state index is 13.4. The van der Waals surface area contributed by atoms with Gasteiger partial charge in [0.25, 0.3) is 5.91 Å². The largest absolute Gasteiger partial charge is 0.350 e. The first-order valence-electron chi connectivity index (χ1n) is 10.7. The molecule has 5 nitrogen and oxygen atoms in total. The van der Waals surface area contributed by atoms with Crippen molar-refractivity contribution in [3.63, 3.8) is 0 Å². The molecule has 0 heterocycles. The molecule has 0 fully saturated rings. The third-order valence-corrected chi connectivity index (χ3v) is 5.28. The van der Waals surface area contributed by atoms with Crippen LogP contribution in [0.15, 0.2) is 78.9 Å². The SMILES string of the molecule is CCN(CC)C(C(=O)NCc1cccc(NC(=O)c2cccc(F)c2)c1)c1ccccc1. The molecule has 0 aliphatic heterocycles. The number of halogens is 1. The van der Waals surface area contributed by atoms with Crippen LogP contribution in [0.2, 0.25) is 0 Å². The topological polar surface area (TPSA) is 61.4 Å². The van der Waals surface area contributed by atoms with E-state index in [4.69, 9.17) is 0 Å². The lowest BCUT2D eigenvalue weighted by Crippen LogP contribution is -2.40. The van der Waals surface area contributed by atoms with E-state index < -0.39 is 11.7 Å². The second kappa shape index (κ2) is 11.2. The van der Waals surface area contributed by atoms with Crippen molar-refractivity contribution in [3.05, 3.63) is 101 Å². The van der Waals surface area contributed by atoms with Crippen LogP contribution in [0.4, 0.5) is 10.1 Å². The normalized spacial score (nSPS) is 11.8. The van der Waals surface area contributed by atoms with E-state index in [0.717, 1.165) is 24.2 Å². The van der Waals surface area contributed by atoms with Crippen LogP contribution in [-0.4, -0.2) is 29.8 Å². The number of nitrogens with one attached hydrogen (secondary N) is 2. The van der Waals surface area contributed by atoms with Crippen LogP contribution >= 0.6 is 0 Å². The summed E-state index contributed by atoms with van der Waals surface area (Å²) in [6.45, 7) is 5.91. The van der Waals surface area contributed by atoms with E-state index in [0.29, 0.717) is 12.2 Å². The zero-order valence-corrected chi connectivity index (χ0v) is 18.3. The number of hydrogen-bond donors (Lipinski definition) is 2. The molecule has 0 saturated heterocycles. The molecule has 2 amide bonds. The van der Waals surface area contributed by atoms with E-state index in [-0.39, 0.29) is 17.5 Å². The summed E-state index contributed by atoms with van der Waals surface area (Å²) in [5, 5.41) is 5.80. The highest BCUT2D eigenvalue weighted by molar-refractivity contribution is 6.04. The van der Waals surface area contributed by atoms with Crippen molar-refractivity contribution in [3.8, 4) is 0 Å². The third kappa shape index (κ3) is 6.02. The van der Waals surface area contributed by atoms with Gasteiger partial charge in [0.1, 0.15) is 11.9 Å². The maximum Gasteiger partial charge on any atom is 0.255 e. The maximum absolute atomic E-state index is 13.4. The summed E-state index contributed by atoms with van der Waals surface area (Å²) in [6.07, 6.45) is 0. The molecule has 166 valence electrons. The highest BCUT2D eigenvalue weighted by Crippen LogP contribution is 2.21. The van der Waals surface area contributed by atoms with Crippen molar-refractivity contribution in [2.24, 2.45) is 0 Å². The quantitative estimate of drug-likeness (QED) is 0.511. The van der Waals surface area contributed by atoms with Gasteiger partial charge in [0.05, 0.1) is 0 Å². The number of benzene rings is 3. The molecule has 6 heteroatoms. The summed E-state index contributed by atoms with van der Waals surface area (Å²) in [5.74, 6) is -0.930. The van der Waals surface area contributed by atoms with Gasteiger partial charge in [-0.1, -0.05) is 62.4 Å². The Morgan fingerprint density at radius 3 is 2.31 bits per heavy atom. The molecule has 0 bridgehead atoms. The van der Waals surface area contributed by atoms with Crippen LogP contribution in [0.3, 0.4) is 0 Å². The summed E-state index contributed by atoms with van der Waals surface area (Å²) in [4.78, 5) is 27.6. The first kappa shape index (κ1) is 23.2. The van der Waals surface area contributed by atoms with E-state index >= 15 is 0 Å². The van der Waals surface area contributed by atoms with Gasteiger partial charge in [-0.2, -0.15) is 0 Å². The fraction of sp³-hybridized carbons (Fsp3) is 0.231. The van der Waals surface area contributed by atoms with Gasteiger partial charge in [-0.3, -0.25) is 14.5 Å². The Morgan fingerprint density at radius 2 is 1.62 bits per heavy atom. The first-order valence-corrected chi connectivity index (χ1v) is 10.7. The molecule has 3 aromatic rings. The summed E-state index contributed by atoms with van der Waals surface area (Å²) in [7, 11) is 0. The Kier molecular flexibility index (Phi) is 8.11. The van der Waals surface area contributed by atoms with E-state index in [2.05, 4.69) is 15.5 Å². The lowest BCUT2D eigenvalue weighted by atomic mass is 10.0. The number of carbonyl (C=O) groups excluding carboxylic acids is 2. The predicted octanol–water partition coefficient (Wildman–Crippen LogP) is 4.78. The second-order valence-electron chi connectivity index (χ2n) is 7.42. The van der Waals surface area contributed by atoms with Crippen LogP contribution in [0, 0.1) is 5.82 Å². The van der Waals surface area contributed by atoms with Crippen molar-refractivity contribution in [2.75, 3.05) is 18.4 Å². The van der Waals surface area contributed by atoms with Crippen molar-refractivity contribution < 1.29 is 14.0 Å². The minimum absolute atomic E-state index is 0.0749. The molecule has 2 N–H and O–H groups in total. The minimum atomic E-state index is -0.463. The smallest absolute Gasteiger partial charge is 0.255 e. The molecule has 0 spiro atoms. The molecule has 0 saturated carbocycles. The molecule has 0 aliphatic carbocycles. The van der Waals surface area contributed by atoms with Crippen LogP contribution in [-0.2, 0) is 11.3 Å². The van der Waals surface area contributed by atoms with Gasteiger partial charge in [0.15, 0.2) is 0 Å². The van der Waals surface area contributed by atoms with Crippen molar-refractivity contribution in [1.29, 1.82) is 0 Å². The van der Waals surface area contributed by atoms with Gasteiger partial charge in [0, 0.05) is 17.8 Å². The van der Waals surface area contributed by atoms with Crippen molar-refractivity contribution in [2.45, 2.75) is 26.4 Å². The van der Waals surface area contributed by atoms with Gasteiger partial charge >= 0.3 is 0 Å². The van der Waals surface area contributed by atoms with Crippen LogP contribution in [0.5, 0.6) is 0 Å². The lowest BCUT2D eigenvalue weighted by molar-refractivity contribution is -0.126. The molecular weight excluding hydrogens is 405 g/mol. The van der Waals surface area contributed by atoms with E-state index in [1.165, 1.54) is 18.2 Å². The Morgan fingerprint density at radius 1 is 0.906 bits per heavy atom. The average Bonchev–Trinajstić information content (AvgIpc) is 2.81. The van der Waals surface area contributed by atoms with E-state index in [1.54, 1.807) is 18.2 Å². The van der Waals surface area contributed by atoms with Gasteiger partial charge in [-0.25, -0.2) is 4.39 Å². The van der Waals surface area contributed by atoms with E-state index in [9.17, 15) is 14.0 Å². The number of hydrogen-bond acceptors (Lipinski definition) is 3. The molecule has 3 rings (SSSR count). The molecule has 1 unspecified atom stereocenters. The number of nitrogens with zero attached hydrogens (tertiary/aromatic N) is 1. The monoisotopic (exact) mass is 433 g/mol. The number of likely N-dealkylation sites (N-methyl/N-ethyl adjacent to an activating group) is 1. The predicted molar refractivity (Wildman–Crippen MR) is 125 cm³/mol. The molecule has 3 aromatic carbocycles. The number of carbonyl (C=O) groups is 2. The minimum Gasteiger partial charge on any atom is -0.350 e. The van der Waals surface area contributed by atoms with Gasteiger partial charge in [-0.15, -0.1) is 0 Å². The lowest BCUT2D eigenvalue weighted by Gasteiger charge is -2.29. The number of amides is 2. The Hall–Kier alpha value is -3.51. The molecule has 32 heavy (non-hydrogen) atoms. The Bertz CT molecular complexity index is 1050. The fourth-order valence-electron chi connectivity index (χ4n) is 3.63. The van der Waals surface area contributed by atoms with Crippen LogP contribution in [0.1, 0.15) is 41.4 Å². The summed E-state index contributed by atoms with van der Waals surface area (Å²) in [6, 6.07) is 22.1. The van der Waals surface area contributed by atoms with Crippen molar-refractivity contribution >= 4 is 17.5 Å². The Labute approximate surface area is 188 Å². The van der Waals surface area contributed by atoms with E-state index in [1.807, 2.05) is 56.3 Å². The van der Waals surface area contributed by atoms with Crippen LogP contribution in [0.25, 0.3) is 0 Å². The Balaban J connectivity index is 1.68. The first-order chi connectivity index (χ1) is 15.5. The zero-order chi connectivity index (χ0) is 22.9. The van der Waals surface area contributed by atoms with Crippen LogP contribution < -0.4 is 10.6 Å². The van der Waals surface area contributed by atoms with Gasteiger partial charge in [0.2, 0.25) is 5.91 Å². The zero-order valence-electron chi connectivity index (χ0n) is 18.3. The molecular formula is C26H28FN3O2. The van der Waals surface area contributed by atoms with Gasteiger partial charge < -0.3 is 10.6 Å². The summed E-state index contributed by atoms with van der Waals surface area (Å²) >= 11 is 0. The average molecular weight is 434 g/mol. The van der Waals surface area contributed by atoms with Crippen molar-refractivity contribution in [1.82, 2.24) is 10.2 Å². The molecule has 0 aliphatic rings. The molecule has 0 radical (unpaired) electrons. The standard InChI is InChI=1S/C26H28FN3O2/c1-3-30(4-2)24(20-11-6-5-7-12-20)26(32)28-18-19-10-8-15-23(16-19)29-25(31)21-13-9-14-22(27)17-21/h5-17,24H,3-4,18H2,1-2H3,(H,28,32)(H,29,31). The highest BCUT2D eigenvalue weighted by Gasteiger charge is 2.25. The summed E-state index contributed by atoms with van der Waals surface area (Å²) < 4.78 is 13.4. The summed E-state index contributed by atoms with van der Waals surface area (Å²) in [5.41, 5.74) is 2.62. The molecule has 1 atom stereocenters.